The summed E-state index contributed by atoms with van der Waals surface area (Å²) in [4.78, 5) is 2.48. The Kier molecular flexibility index (Phi) is 2.05. The lowest BCUT2D eigenvalue weighted by Gasteiger charge is -2.36. The minimum Gasteiger partial charge on any atom is -0.299 e. The summed E-state index contributed by atoms with van der Waals surface area (Å²) < 4.78 is 0. The van der Waals surface area contributed by atoms with Gasteiger partial charge in [0.05, 0.1) is 0 Å². The van der Waals surface area contributed by atoms with Crippen LogP contribution in [0.15, 0.2) is 23.3 Å². The van der Waals surface area contributed by atoms with Crippen LogP contribution in [0.2, 0.25) is 0 Å². The Balaban J connectivity index is 2.20. The summed E-state index contributed by atoms with van der Waals surface area (Å²) in [6.07, 6.45) is 8.63. The molecule has 66 valence electrons. The van der Waals surface area contributed by atoms with Gasteiger partial charge in [0.15, 0.2) is 0 Å². The first-order chi connectivity index (χ1) is 5.77. The lowest BCUT2D eigenvalue weighted by molar-refractivity contribution is 0.235. The number of allylic oxidation sites excluding steroid dienone is 2. The van der Waals surface area contributed by atoms with Crippen LogP contribution in [0.25, 0.3) is 0 Å². The first-order valence-electron chi connectivity index (χ1n) is 4.85. The molecule has 1 atom stereocenters. The number of fused-ring (bicyclic) bond motifs is 1. The highest BCUT2D eigenvalue weighted by Gasteiger charge is 2.24. The average Bonchev–Trinajstić information content (AvgIpc) is 2.04. The summed E-state index contributed by atoms with van der Waals surface area (Å²) >= 11 is 0. The molecule has 0 amide bonds. The lowest BCUT2D eigenvalue weighted by atomic mass is 9.88. The van der Waals surface area contributed by atoms with Crippen molar-refractivity contribution in [1.82, 2.24) is 4.90 Å². The van der Waals surface area contributed by atoms with E-state index in [-0.39, 0.29) is 0 Å². The summed E-state index contributed by atoms with van der Waals surface area (Å²) in [7, 11) is 2.24. The molecule has 1 heteroatoms. The van der Waals surface area contributed by atoms with Crippen molar-refractivity contribution >= 4 is 0 Å². The highest BCUT2D eigenvalue weighted by Crippen LogP contribution is 2.28. The molecule has 0 aromatic carbocycles. The van der Waals surface area contributed by atoms with Gasteiger partial charge >= 0.3 is 0 Å². The Labute approximate surface area is 74.8 Å². The third-order valence-corrected chi connectivity index (χ3v) is 3.01. The van der Waals surface area contributed by atoms with Crippen molar-refractivity contribution in [3.63, 3.8) is 0 Å². The fraction of sp³-hybridized carbons (Fsp3) is 0.636. The summed E-state index contributed by atoms with van der Waals surface area (Å²) in [6, 6.07) is 0.724. The molecule has 0 saturated carbocycles. The molecule has 1 unspecified atom stereocenters. The third kappa shape index (κ3) is 1.34. The van der Waals surface area contributed by atoms with Crippen LogP contribution in [-0.4, -0.2) is 24.5 Å². The van der Waals surface area contributed by atoms with Gasteiger partial charge in [-0.2, -0.15) is 0 Å². The van der Waals surface area contributed by atoms with Crippen molar-refractivity contribution in [1.29, 1.82) is 0 Å². The predicted molar refractivity (Wildman–Crippen MR) is 52.1 cm³/mol. The minimum absolute atomic E-state index is 0.724. The van der Waals surface area contributed by atoms with E-state index < -0.39 is 0 Å². The molecule has 0 N–H and O–H groups in total. The van der Waals surface area contributed by atoms with Crippen LogP contribution in [-0.2, 0) is 0 Å². The molecule has 12 heavy (non-hydrogen) atoms. The molecule has 1 heterocycles. The van der Waals surface area contributed by atoms with Gasteiger partial charge in [-0.25, -0.2) is 0 Å². The van der Waals surface area contributed by atoms with Gasteiger partial charge in [-0.3, -0.25) is 4.90 Å². The van der Waals surface area contributed by atoms with Crippen LogP contribution in [0.4, 0.5) is 0 Å². The van der Waals surface area contributed by atoms with Gasteiger partial charge in [-0.05, 0) is 39.8 Å². The van der Waals surface area contributed by atoms with Crippen molar-refractivity contribution < 1.29 is 0 Å². The van der Waals surface area contributed by atoms with E-state index in [1.54, 1.807) is 5.57 Å². The molecule has 0 spiro atoms. The molecule has 0 aromatic rings. The number of likely N-dealkylation sites (tertiary alicyclic amines) is 1. The van der Waals surface area contributed by atoms with Crippen molar-refractivity contribution in [2.45, 2.75) is 32.2 Å². The normalized spacial score (nSPS) is 30.7. The molecular formula is C11H17N. The maximum Gasteiger partial charge on any atom is 0.0342 e. The van der Waals surface area contributed by atoms with Gasteiger partial charge in [0, 0.05) is 6.04 Å². The highest BCUT2D eigenvalue weighted by molar-refractivity contribution is 5.31. The molecule has 1 nitrogen and oxygen atoms in total. The minimum atomic E-state index is 0.724. The van der Waals surface area contributed by atoms with E-state index in [0.29, 0.717) is 0 Å². The van der Waals surface area contributed by atoms with E-state index in [9.17, 15) is 0 Å². The van der Waals surface area contributed by atoms with Gasteiger partial charge < -0.3 is 0 Å². The molecule has 2 aliphatic rings. The Morgan fingerprint density at radius 2 is 2.33 bits per heavy atom. The maximum absolute atomic E-state index is 2.48. The van der Waals surface area contributed by atoms with Crippen molar-refractivity contribution in [3.05, 3.63) is 23.3 Å². The van der Waals surface area contributed by atoms with Gasteiger partial charge in [-0.1, -0.05) is 23.3 Å². The quantitative estimate of drug-likeness (QED) is 0.530. The number of nitrogens with zero attached hydrogens (tertiary/aromatic N) is 1. The van der Waals surface area contributed by atoms with E-state index in [0.717, 1.165) is 6.04 Å². The van der Waals surface area contributed by atoms with Crippen LogP contribution in [0, 0.1) is 0 Å². The number of rotatable bonds is 0. The zero-order valence-corrected chi connectivity index (χ0v) is 8.01. The van der Waals surface area contributed by atoms with Gasteiger partial charge in [0.1, 0.15) is 0 Å². The van der Waals surface area contributed by atoms with Crippen molar-refractivity contribution in [2.24, 2.45) is 0 Å². The summed E-state index contributed by atoms with van der Waals surface area (Å²) in [6.45, 7) is 3.48. The standard InChI is InChI=1S/C11H17N/c1-9-5-6-11-10(8-9)4-3-7-12(11)2/h5,8,11H,3-4,6-7H2,1-2H3. The average molecular weight is 163 g/mol. The van der Waals surface area contributed by atoms with E-state index in [1.165, 1.54) is 31.4 Å². The Morgan fingerprint density at radius 1 is 1.50 bits per heavy atom. The molecule has 0 aromatic heterocycles. The maximum atomic E-state index is 2.48. The first kappa shape index (κ1) is 8.06. The number of hydrogen-bond donors (Lipinski definition) is 0. The van der Waals surface area contributed by atoms with E-state index in [4.69, 9.17) is 0 Å². The molecule has 1 aliphatic carbocycles. The van der Waals surface area contributed by atoms with Crippen LogP contribution in [0.1, 0.15) is 26.2 Å². The van der Waals surface area contributed by atoms with Gasteiger partial charge in [0.2, 0.25) is 0 Å². The van der Waals surface area contributed by atoms with E-state index >= 15 is 0 Å². The van der Waals surface area contributed by atoms with Crippen LogP contribution < -0.4 is 0 Å². The lowest BCUT2D eigenvalue weighted by Crippen LogP contribution is -2.38. The largest absolute Gasteiger partial charge is 0.299 e. The van der Waals surface area contributed by atoms with Gasteiger partial charge in [-0.15, -0.1) is 0 Å². The summed E-state index contributed by atoms with van der Waals surface area (Å²) in [5.41, 5.74) is 3.11. The number of likely N-dealkylation sites (N-methyl/N-ethyl adjacent to an activating group) is 1. The zero-order chi connectivity index (χ0) is 8.55. The van der Waals surface area contributed by atoms with Crippen LogP contribution in [0.5, 0.6) is 0 Å². The summed E-state index contributed by atoms with van der Waals surface area (Å²) in [5.74, 6) is 0. The second kappa shape index (κ2) is 3.06. The van der Waals surface area contributed by atoms with Crippen LogP contribution in [0.3, 0.4) is 0 Å². The van der Waals surface area contributed by atoms with Crippen LogP contribution >= 0.6 is 0 Å². The summed E-state index contributed by atoms with van der Waals surface area (Å²) in [5, 5.41) is 0. The van der Waals surface area contributed by atoms with Crippen molar-refractivity contribution in [3.8, 4) is 0 Å². The molecule has 0 bridgehead atoms. The SMILES string of the molecule is CC1=CCC2C(=C1)CCCN2C. The molecule has 0 radical (unpaired) electrons. The Morgan fingerprint density at radius 3 is 3.17 bits per heavy atom. The Hall–Kier alpha value is -0.560. The predicted octanol–water partition coefficient (Wildman–Crippen LogP) is 2.36. The smallest absolute Gasteiger partial charge is 0.0342 e. The third-order valence-electron chi connectivity index (χ3n) is 3.01. The first-order valence-corrected chi connectivity index (χ1v) is 4.85. The fourth-order valence-electron chi connectivity index (χ4n) is 2.29. The molecule has 2 rings (SSSR count). The van der Waals surface area contributed by atoms with E-state index in [1.807, 2.05) is 0 Å². The molecule has 1 fully saturated rings. The topological polar surface area (TPSA) is 3.24 Å². The highest BCUT2D eigenvalue weighted by atomic mass is 15.1. The Bertz CT molecular complexity index is 237. The number of piperidine rings is 1. The molecule has 1 aliphatic heterocycles. The number of hydrogen-bond acceptors (Lipinski definition) is 1. The van der Waals surface area contributed by atoms with Crippen molar-refractivity contribution in [2.75, 3.05) is 13.6 Å². The monoisotopic (exact) mass is 163 g/mol. The van der Waals surface area contributed by atoms with Gasteiger partial charge in [0.25, 0.3) is 0 Å². The zero-order valence-electron chi connectivity index (χ0n) is 8.01. The fourth-order valence-corrected chi connectivity index (χ4v) is 2.29. The second-order valence-electron chi connectivity index (χ2n) is 4.00. The molecule has 1 saturated heterocycles. The van der Waals surface area contributed by atoms with E-state index in [2.05, 4.69) is 31.0 Å². The second-order valence-corrected chi connectivity index (χ2v) is 4.00. The molecular weight excluding hydrogens is 146 g/mol.